The average Bonchev–Trinajstić information content (AvgIpc) is 3.32. The van der Waals surface area contributed by atoms with Crippen LogP contribution in [-0.2, 0) is 10.3 Å². The van der Waals surface area contributed by atoms with Crippen molar-refractivity contribution in [3.63, 3.8) is 0 Å². The maximum Gasteiger partial charge on any atom is 0.280 e. The van der Waals surface area contributed by atoms with Crippen LogP contribution in [0, 0.1) is 0 Å². The lowest BCUT2D eigenvalue weighted by molar-refractivity contribution is -0.129. The van der Waals surface area contributed by atoms with E-state index >= 15 is 0 Å². The van der Waals surface area contributed by atoms with Crippen molar-refractivity contribution in [2.75, 3.05) is 7.05 Å². The molecule has 2 N–H and O–H groups in total. The number of carbonyl (C=O) groups is 1. The number of hydrogen-bond donors (Lipinski definition) is 1. The third-order valence-electron chi connectivity index (χ3n) is 4.80. The van der Waals surface area contributed by atoms with Crippen molar-refractivity contribution in [3.05, 3.63) is 78.0 Å². The van der Waals surface area contributed by atoms with Gasteiger partial charge < -0.3 is 10.2 Å². The molecule has 6 nitrogen and oxygen atoms in total. The smallest absolute Gasteiger partial charge is 0.280 e. The Morgan fingerprint density at radius 1 is 1.14 bits per heavy atom. The number of nitrogens with two attached hydrogens (primary N) is 1. The maximum absolute atomic E-state index is 13.2. The summed E-state index contributed by atoms with van der Waals surface area (Å²) in [5, 5.41) is 0. The number of pyridine rings is 1. The van der Waals surface area contributed by atoms with E-state index in [0.29, 0.717) is 5.56 Å². The zero-order chi connectivity index (χ0) is 19.9. The molecule has 0 fully saturated rings. The monoisotopic (exact) mass is 382 g/mol. The molecule has 28 heavy (non-hydrogen) atoms. The number of nitrogens with zero attached hydrogens (tertiary/aromatic N) is 3. The number of furan rings is 1. The molecule has 0 bridgehead atoms. The number of amides is 1. The molecule has 0 saturated carbocycles. The molecule has 0 radical (unpaired) electrons. The summed E-state index contributed by atoms with van der Waals surface area (Å²) in [6.45, 7) is 0. The third kappa shape index (κ3) is 2.65. The first-order valence-corrected chi connectivity index (χ1v) is 8.44. The summed E-state index contributed by atoms with van der Waals surface area (Å²) in [4.78, 5) is 22.5. The minimum atomic E-state index is -2.77. The van der Waals surface area contributed by atoms with E-state index in [1.165, 1.54) is 30.3 Å². The van der Waals surface area contributed by atoms with Gasteiger partial charge in [0, 0.05) is 18.8 Å². The highest BCUT2D eigenvalue weighted by molar-refractivity contribution is 6.09. The fourth-order valence-corrected chi connectivity index (χ4v) is 3.33. The van der Waals surface area contributed by atoms with E-state index in [2.05, 4.69) is 9.98 Å². The molecule has 1 unspecified atom stereocenters. The SMILES string of the molecule is CN1C(=O)C(c2cccc(-c3ccoc3)c2)(c2ccnc(C(F)F)c2)N=C1N. The summed E-state index contributed by atoms with van der Waals surface area (Å²) in [6.07, 6.45) is 1.59. The molecule has 0 saturated heterocycles. The Kier molecular flexibility index (Phi) is 4.18. The Morgan fingerprint density at radius 3 is 2.57 bits per heavy atom. The van der Waals surface area contributed by atoms with Gasteiger partial charge in [0.2, 0.25) is 0 Å². The molecule has 1 aliphatic heterocycles. The number of rotatable bonds is 4. The highest BCUT2D eigenvalue weighted by Crippen LogP contribution is 2.41. The molecule has 1 aliphatic rings. The van der Waals surface area contributed by atoms with Crippen LogP contribution >= 0.6 is 0 Å². The molecule has 0 spiro atoms. The van der Waals surface area contributed by atoms with E-state index < -0.39 is 23.6 Å². The second-order valence-electron chi connectivity index (χ2n) is 6.41. The molecule has 1 atom stereocenters. The fraction of sp³-hybridized carbons (Fsp3) is 0.150. The minimum absolute atomic E-state index is 0.00845. The average molecular weight is 382 g/mol. The van der Waals surface area contributed by atoms with Crippen molar-refractivity contribution in [2.24, 2.45) is 10.7 Å². The quantitative estimate of drug-likeness (QED) is 0.750. The number of aromatic nitrogens is 1. The van der Waals surface area contributed by atoms with E-state index in [-0.39, 0.29) is 11.5 Å². The van der Waals surface area contributed by atoms with Crippen molar-refractivity contribution in [1.82, 2.24) is 9.88 Å². The lowest BCUT2D eigenvalue weighted by atomic mass is 9.82. The number of halogens is 2. The first-order valence-electron chi connectivity index (χ1n) is 8.44. The summed E-state index contributed by atoms with van der Waals surface area (Å²) < 4.78 is 31.6. The molecular weight excluding hydrogens is 366 g/mol. The first-order chi connectivity index (χ1) is 13.4. The predicted molar refractivity (Wildman–Crippen MR) is 98.5 cm³/mol. The van der Waals surface area contributed by atoms with Crippen LogP contribution in [0.3, 0.4) is 0 Å². The lowest BCUT2D eigenvalue weighted by Gasteiger charge is -2.26. The van der Waals surface area contributed by atoms with Crippen molar-refractivity contribution < 1.29 is 18.0 Å². The molecule has 1 amide bonds. The van der Waals surface area contributed by atoms with Crippen molar-refractivity contribution in [1.29, 1.82) is 0 Å². The summed E-state index contributed by atoms with van der Waals surface area (Å²) in [7, 11) is 1.50. The molecule has 142 valence electrons. The van der Waals surface area contributed by atoms with Gasteiger partial charge in [-0.05, 0) is 41.0 Å². The van der Waals surface area contributed by atoms with Gasteiger partial charge in [-0.2, -0.15) is 0 Å². The Balaban J connectivity index is 1.95. The van der Waals surface area contributed by atoms with Gasteiger partial charge in [-0.3, -0.25) is 14.7 Å². The number of aliphatic imine (C=N–C) groups is 1. The summed E-state index contributed by atoms with van der Waals surface area (Å²) in [6, 6.07) is 11.6. The lowest BCUT2D eigenvalue weighted by Crippen LogP contribution is -2.41. The molecule has 4 rings (SSSR count). The zero-order valence-electron chi connectivity index (χ0n) is 14.8. The van der Waals surface area contributed by atoms with Crippen LogP contribution < -0.4 is 5.73 Å². The van der Waals surface area contributed by atoms with Gasteiger partial charge in [0.25, 0.3) is 12.3 Å². The minimum Gasteiger partial charge on any atom is -0.472 e. The highest BCUT2D eigenvalue weighted by Gasteiger charge is 2.49. The van der Waals surface area contributed by atoms with Gasteiger partial charge in [-0.15, -0.1) is 0 Å². The van der Waals surface area contributed by atoms with E-state index in [1.54, 1.807) is 36.8 Å². The standard InChI is InChI=1S/C20H16F2N4O2/c1-26-18(27)20(25-19(26)23,15-5-7-24-16(10-15)17(21)22)14-4-2-3-12(9-14)13-6-8-28-11-13/h2-11,17H,1H3,(H2,23,25). The molecule has 3 heterocycles. The largest absolute Gasteiger partial charge is 0.472 e. The summed E-state index contributed by atoms with van der Waals surface area (Å²) >= 11 is 0. The Bertz CT molecular complexity index is 1070. The second kappa shape index (κ2) is 6.56. The third-order valence-corrected chi connectivity index (χ3v) is 4.80. The van der Waals surface area contributed by atoms with Crippen LogP contribution in [0.5, 0.6) is 0 Å². The van der Waals surface area contributed by atoms with Crippen LogP contribution in [0.25, 0.3) is 11.1 Å². The maximum atomic E-state index is 13.2. The number of hydrogen-bond acceptors (Lipinski definition) is 5. The van der Waals surface area contributed by atoms with Gasteiger partial charge in [0.05, 0.1) is 12.5 Å². The summed E-state index contributed by atoms with van der Waals surface area (Å²) in [5.41, 5.74) is 6.33. The van der Waals surface area contributed by atoms with Crippen molar-refractivity contribution >= 4 is 11.9 Å². The first kappa shape index (κ1) is 17.8. The van der Waals surface area contributed by atoms with Crippen LogP contribution in [0.4, 0.5) is 8.78 Å². The van der Waals surface area contributed by atoms with Crippen molar-refractivity contribution in [2.45, 2.75) is 12.0 Å². The number of alkyl halides is 2. The predicted octanol–water partition coefficient (Wildman–Crippen LogP) is 3.31. The molecule has 3 aromatic rings. The van der Waals surface area contributed by atoms with Gasteiger partial charge in [-0.1, -0.05) is 18.2 Å². The molecule has 2 aromatic heterocycles. The normalized spacial score (nSPS) is 19.4. The van der Waals surface area contributed by atoms with E-state index in [4.69, 9.17) is 10.2 Å². The molecule has 0 aliphatic carbocycles. The Labute approximate surface area is 159 Å². The Hall–Kier alpha value is -3.55. The number of likely N-dealkylation sites (N-methyl/N-ethyl adjacent to an activating group) is 1. The molecular formula is C20H16F2N4O2. The highest BCUT2D eigenvalue weighted by atomic mass is 19.3. The van der Waals surface area contributed by atoms with Gasteiger partial charge >= 0.3 is 0 Å². The van der Waals surface area contributed by atoms with E-state index in [0.717, 1.165) is 11.1 Å². The van der Waals surface area contributed by atoms with Crippen molar-refractivity contribution in [3.8, 4) is 11.1 Å². The topological polar surface area (TPSA) is 84.7 Å². The number of guanidine groups is 1. The van der Waals surface area contributed by atoms with E-state index in [1.807, 2.05) is 6.07 Å². The molecule has 1 aromatic carbocycles. The van der Waals surface area contributed by atoms with Gasteiger partial charge in [0.15, 0.2) is 11.5 Å². The summed E-state index contributed by atoms with van der Waals surface area (Å²) in [5.74, 6) is -0.421. The van der Waals surface area contributed by atoms with Crippen LogP contribution in [0.2, 0.25) is 0 Å². The zero-order valence-corrected chi connectivity index (χ0v) is 14.8. The second-order valence-corrected chi connectivity index (χ2v) is 6.41. The van der Waals surface area contributed by atoms with Crippen LogP contribution in [0.1, 0.15) is 23.2 Å². The van der Waals surface area contributed by atoms with Crippen LogP contribution in [0.15, 0.2) is 70.6 Å². The fourth-order valence-electron chi connectivity index (χ4n) is 3.33. The van der Waals surface area contributed by atoms with Gasteiger partial charge in [0.1, 0.15) is 5.69 Å². The number of benzene rings is 1. The Morgan fingerprint density at radius 2 is 1.93 bits per heavy atom. The van der Waals surface area contributed by atoms with Gasteiger partial charge in [-0.25, -0.2) is 13.8 Å². The van der Waals surface area contributed by atoms with Crippen LogP contribution in [-0.4, -0.2) is 28.8 Å². The van der Waals surface area contributed by atoms with E-state index in [9.17, 15) is 13.6 Å². The molecule has 8 heteroatoms. The number of carbonyl (C=O) groups excluding carboxylic acids is 1.